The van der Waals surface area contributed by atoms with Crippen molar-refractivity contribution in [1.82, 2.24) is 9.88 Å². The van der Waals surface area contributed by atoms with Gasteiger partial charge in [0.25, 0.3) is 5.91 Å². The van der Waals surface area contributed by atoms with Crippen molar-refractivity contribution in [2.45, 2.75) is 38.0 Å². The van der Waals surface area contributed by atoms with Crippen molar-refractivity contribution in [3.63, 3.8) is 0 Å². The van der Waals surface area contributed by atoms with Crippen molar-refractivity contribution in [2.75, 3.05) is 6.61 Å². The van der Waals surface area contributed by atoms with Gasteiger partial charge in [-0.15, -0.1) is 11.3 Å². The Hall–Kier alpha value is -1.46. The number of aromatic nitrogens is 1. The van der Waals surface area contributed by atoms with Gasteiger partial charge in [-0.1, -0.05) is 12.1 Å². The highest BCUT2D eigenvalue weighted by Gasteiger charge is 2.52. The van der Waals surface area contributed by atoms with Crippen LogP contribution in [0.25, 0.3) is 10.2 Å². The third-order valence-electron chi connectivity index (χ3n) is 3.92. The van der Waals surface area contributed by atoms with Gasteiger partial charge in [-0.05, 0) is 31.9 Å². The van der Waals surface area contributed by atoms with Crippen molar-refractivity contribution < 1.29 is 9.53 Å². The largest absolute Gasteiger partial charge is 0.359 e. The van der Waals surface area contributed by atoms with Gasteiger partial charge >= 0.3 is 0 Å². The van der Waals surface area contributed by atoms with Gasteiger partial charge in [-0.3, -0.25) is 4.79 Å². The second-order valence-electron chi connectivity index (χ2n) is 5.76. The van der Waals surface area contributed by atoms with Crippen molar-refractivity contribution in [1.29, 1.82) is 0 Å². The zero-order valence-electron chi connectivity index (χ0n) is 11.3. The van der Waals surface area contributed by atoms with Crippen molar-refractivity contribution >= 4 is 27.5 Å². The summed E-state index contributed by atoms with van der Waals surface area (Å²) in [4.78, 5) is 19.1. The lowest BCUT2D eigenvalue weighted by molar-refractivity contribution is -0.137. The van der Waals surface area contributed by atoms with E-state index in [4.69, 9.17) is 4.74 Å². The molecule has 2 aliphatic rings. The Morgan fingerprint density at radius 1 is 1.50 bits per heavy atom. The Labute approximate surface area is 121 Å². The van der Waals surface area contributed by atoms with Gasteiger partial charge in [0.15, 0.2) is 5.60 Å². The van der Waals surface area contributed by atoms with E-state index in [2.05, 4.69) is 11.1 Å². The highest BCUT2D eigenvalue weighted by atomic mass is 32.1. The van der Waals surface area contributed by atoms with E-state index in [0.717, 1.165) is 23.4 Å². The maximum absolute atomic E-state index is 12.5. The number of para-hydroxylation sites is 1. The van der Waals surface area contributed by atoms with Gasteiger partial charge in [-0.25, -0.2) is 4.98 Å². The Morgan fingerprint density at radius 3 is 2.90 bits per heavy atom. The van der Waals surface area contributed by atoms with E-state index >= 15 is 0 Å². The summed E-state index contributed by atoms with van der Waals surface area (Å²) in [6.07, 6.45) is 2.21. The average Bonchev–Trinajstić information content (AvgIpc) is 3.36. The summed E-state index contributed by atoms with van der Waals surface area (Å²) in [7, 11) is 0. The quantitative estimate of drug-likeness (QED) is 0.812. The molecule has 1 aliphatic carbocycles. The van der Waals surface area contributed by atoms with Crippen LogP contribution in [0.15, 0.2) is 24.3 Å². The molecule has 1 unspecified atom stereocenters. The zero-order chi connectivity index (χ0) is 13.7. The minimum atomic E-state index is -0.570. The molecule has 1 amide bonds. The van der Waals surface area contributed by atoms with Gasteiger partial charge < -0.3 is 9.64 Å². The monoisotopic (exact) mass is 288 g/mol. The van der Waals surface area contributed by atoms with Crippen LogP contribution in [0.4, 0.5) is 0 Å². The predicted octanol–water partition coefficient (Wildman–Crippen LogP) is 2.58. The number of amides is 1. The Balaban J connectivity index is 1.60. The van der Waals surface area contributed by atoms with Crippen molar-refractivity contribution in [3.8, 4) is 0 Å². The van der Waals surface area contributed by atoms with Crippen LogP contribution in [-0.4, -0.2) is 34.0 Å². The van der Waals surface area contributed by atoms with Crippen LogP contribution in [0.1, 0.15) is 24.8 Å². The molecule has 1 aromatic heterocycles. The molecule has 1 saturated heterocycles. The molecule has 104 valence electrons. The second-order valence-corrected chi connectivity index (χ2v) is 6.87. The number of thiazole rings is 1. The summed E-state index contributed by atoms with van der Waals surface area (Å²) >= 11 is 1.67. The standard InChI is InChI=1S/C15H16N2O2S/c1-15(9-19-15)14(18)17(10-6-7-10)8-13-16-11-4-2-3-5-12(11)20-13/h2-5,10H,6-9H2,1H3. The third-order valence-corrected chi connectivity index (χ3v) is 4.94. The number of hydrogen-bond acceptors (Lipinski definition) is 4. The third kappa shape index (κ3) is 2.11. The SMILES string of the molecule is CC1(C(=O)N(Cc2nc3ccccc3s2)C2CC2)CO1. The zero-order valence-corrected chi connectivity index (χ0v) is 12.2. The first-order chi connectivity index (χ1) is 9.66. The maximum Gasteiger partial charge on any atom is 0.257 e. The van der Waals surface area contributed by atoms with Gasteiger partial charge in [0.05, 0.1) is 23.4 Å². The fourth-order valence-corrected chi connectivity index (χ4v) is 3.39. The van der Waals surface area contributed by atoms with E-state index in [-0.39, 0.29) is 5.91 Å². The minimum absolute atomic E-state index is 0.124. The molecule has 2 aromatic rings. The van der Waals surface area contributed by atoms with Gasteiger partial charge in [0.1, 0.15) is 5.01 Å². The number of ether oxygens (including phenoxy) is 1. The van der Waals surface area contributed by atoms with Crippen molar-refractivity contribution in [2.24, 2.45) is 0 Å². The smallest absolute Gasteiger partial charge is 0.257 e. The first-order valence-corrected chi connectivity index (χ1v) is 7.77. The Kier molecular flexibility index (Phi) is 2.62. The van der Waals surface area contributed by atoms with E-state index in [9.17, 15) is 4.79 Å². The van der Waals surface area contributed by atoms with Gasteiger partial charge in [0, 0.05) is 6.04 Å². The fourth-order valence-electron chi connectivity index (χ4n) is 2.42. The van der Waals surface area contributed by atoms with E-state index in [1.165, 1.54) is 4.70 Å². The number of carbonyl (C=O) groups excluding carboxylic acids is 1. The maximum atomic E-state index is 12.5. The van der Waals surface area contributed by atoms with Crippen molar-refractivity contribution in [3.05, 3.63) is 29.3 Å². The molecule has 2 heterocycles. The topological polar surface area (TPSA) is 45.7 Å². The number of epoxide rings is 1. The van der Waals surface area contributed by atoms with Crippen LogP contribution in [0.3, 0.4) is 0 Å². The molecule has 0 bridgehead atoms. The summed E-state index contributed by atoms with van der Waals surface area (Å²) in [5, 5.41) is 1.01. The lowest BCUT2D eigenvalue weighted by Crippen LogP contribution is -2.41. The Morgan fingerprint density at radius 2 is 2.25 bits per heavy atom. The molecule has 2 fully saturated rings. The second kappa shape index (κ2) is 4.27. The summed E-state index contributed by atoms with van der Waals surface area (Å²) in [5.41, 5.74) is 0.448. The van der Waals surface area contributed by atoms with E-state index < -0.39 is 5.60 Å². The molecule has 0 spiro atoms. The minimum Gasteiger partial charge on any atom is -0.359 e. The molecule has 1 atom stereocenters. The molecule has 1 aromatic carbocycles. The van der Waals surface area contributed by atoms with Gasteiger partial charge in [-0.2, -0.15) is 0 Å². The molecular weight excluding hydrogens is 272 g/mol. The summed E-state index contributed by atoms with van der Waals surface area (Å²) in [6, 6.07) is 8.49. The Bertz CT molecular complexity index is 640. The first-order valence-electron chi connectivity index (χ1n) is 6.95. The van der Waals surface area contributed by atoms with Crippen LogP contribution >= 0.6 is 11.3 Å². The average molecular weight is 288 g/mol. The van der Waals surface area contributed by atoms with Crippen LogP contribution < -0.4 is 0 Å². The van der Waals surface area contributed by atoms with E-state index in [1.807, 2.05) is 30.0 Å². The summed E-state index contributed by atoms with van der Waals surface area (Å²) < 4.78 is 6.49. The van der Waals surface area contributed by atoms with E-state index in [1.54, 1.807) is 11.3 Å². The molecule has 0 radical (unpaired) electrons. The first kappa shape index (κ1) is 12.3. The molecule has 1 saturated carbocycles. The molecule has 0 N–H and O–H groups in total. The molecule has 20 heavy (non-hydrogen) atoms. The number of carbonyl (C=O) groups is 1. The highest BCUT2D eigenvalue weighted by molar-refractivity contribution is 7.18. The predicted molar refractivity (Wildman–Crippen MR) is 77.5 cm³/mol. The lowest BCUT2D eigenvalue weighted by Gasteiger charge is -2.23. The number of benzene rings is 1. The number of rotatable bonds is 4. The van der Waals surface area contributed by atoms with Crippen LogP contribution in [0.2, 0.25) is 0 Å². The number of hydrogen-bond donors (Lipinski definition) is 0. The molecule has 4 rings (SSSR count). The fraction of sp³-hybridized carbons (Fsp3) is 0.467. The van der Waals surface area contributed by atoms with E-state index in [0.29, 0.717) is 19.2 Å². The molecule has 4 nitrogen and oxygen atoms in total. The lowest BCUT2D eigenvalue weighted by atomic mass is 10.1. The highest BCUT2D eigenvalue weighted by Crippen LogP contribution is 2.36. The summed E-state index contributed by atoms with van der Waals surface area (Å²) in [6.45, 7) is 3.04. The van der Waals surface area contributed by atoms with Crippen LogP contribution in [0.5, 0.6) is 0 Å². The van der Waals surface area contributed by atoms with Crippen LogP contribution in [-0.2, 0) is 16.1 Å². The number of nitrogens with zero attached hydrogens (tertiary/aromatic N) is 2. The van der Waals surface area contributed by atoms with Gasteiger partial charge in [0.2, 0.25) is 0 Å². The molecule has 5 heteroatoms. The number of fused-ring (bicyclic) bond motifs is 1. The van der Waals surface area contributed by atoms with Crippen LogP contribution in [0, 0.1) is 0 Å². The molecule has 1 aliphatic heterocycles. The molecular formula is C15H16N2O2S. The normalized spacial score (nSPS) is 24.9. The summed E-state index contributed by atoms with van der Waals surface area (Å²) in [5.74, 6) is 0.124.